The predicted octanol–water partition coefficient (Wildman–Crippen LogP) is 5.73. The lowest BCUT2D eigenvalue weighted by Gasteiger charge is -2.11. The van der Waals surface area contributed by atoms with Crippen molar-refractivity contribution in [2.24, 2.45) is 0 Å². The first-order chi connectivity index (χ1) is 12.2. The fourth-order valence-corrected chi connectivity index (χ4v) is 3.71. The van der Waals surface area contributed by atoms with Crippen LogP contribution >= 0.6 is 0 Å². The first kappa shape index (κ1) is 14.5. The smallest absolute Gasteiger partial charge is 0.139 e. The standard InChI is InChI=1S/C22H21N3/c1-14-11-15(2)25-20(12-14)24-21(17-7-8-17)22(25)23-19-10-9-16-5-3-4-6-18(16)13-19/h3-6,9-13,17,23H,7-8H2,1-2H3. The van der Waals surface area contributed by atoms with E-state index in [1.165, 1.54) is 40.6 Å². The number of hydrogen-bond acceptors (Lipinski definition) is 2. The summed E-state index contributed by atoms with van der Waals surface area (Å²) in [5, 5.41) is 6.19. The third-order valence-corrected chi connectivity index (χ3v) is 5.05. The zero-order valence-corrected chi connectivity index (χ0v) is 14.6. The molecule has 0 saturated heterocycles. The largest absolute Gasteiger partial charge is 0.340 e. The Bertz CT molecular complexity index is 1100. The normalized spacial score (nSPS) is 14.3. The number of aromatic nitrogens is 2. The average Bonchev–Trinajstić information content (AvgIpc) is 3.38. The predicted molar refractivity (Wildman–Crippen MR) is 104 cm³/mol. The second-order valence-corrected chi connectivity index (χ2v) is 7.17. The molecule has 1 fully saturated rings. The van der Waals surface area contributed by atoms with Crippen molar-refractivity contribution in [3.63, 3.8) is 0 Å². The van der Waals surface area contributed by atoms with Gasteiger partial charge in [-0.15, -0.1) is 0 Å². The van der Waals surface area contributed by atoms with Crippen LogP contribution in [0, 0.1) is 13.8 Å². The van der Waals surface area contributed by atoms with Gasteiger partial charge in [0.15, 0.2) is 0 Å². The van der Waals surface area contributed by atoms with Gasteiger partial charge >= 0.3 is 0 Å². The summed E-state index contributed by atoms with van der Waals surface area (Å²) in [6.45, 7) is 4.29. The number of rotatable bonds is 3. The number of nitrogens with one attached hydrogen (secondary N) is 1. The molecule has 0 aliphatic heterocycles. The van der Waals surface area contributed by atoms with Crippen LogP contribution in [0.5, 0.6) is 0 Å². The molecule has 2 heterocycles. The van der Waals surface area contributed by atoms with E-state index in [-0.39, 0.29) is 0 Å². The molecule has 0 spiro atoms. The number of benzene rings is 2. The molecule has 0 bridgehead atoms. The molecule has 1 N–H and O–H groups in total. The Labute approximate surface area is 147 Å². The Morgan fingerprint density at radius 3 is 2.56 bits per heavy atom. The van der Waals surface area contributed by atoms with Crippen molar-refractivity contribution in [3.05, 3.63) is 71.5 Å². The summed E-state index contributed by atoms with van der Waals surface area (Å²) in [5.74, 6) is 1.73. The van der Waals surface area contributed by atoms with Crippen LogP contribution < -0.4 is 5.32 Å². The maximum absolute atomic E-state index is 4.96. The molecule has 1 aliphatic carbocycles. The molecule has 3 nitrogen and oxygen atoms in total. The Hall–Kier alpha value is -2.81. The van der Waals surface area contributed by atoms with Crippen LogP contribution in [-0.4, -0.2) is 9.38 Å². The van der Waals surface area contributed by atoms with Crippen LogP contribution in [0.15, 0.2) is 54.6 Å². The highest BCUT2D eigenvalue weighted by Crippen LogP contribution is 2.44. The summed E-state index contributed by atoms with van der Waals surface area (Å²) >= 11 is 0. The van der Waals surface area contributed by atoms with Gasteiger partial charge in [-0.25, -0.2) is 4.98 Å². The molecular formula is C22H21N3. The van der Waals surface area contributed by atoms with Crippen LogP contribution in [0.1, 0.15) is 35.7 Å². The van der Waals surface area contributed by atoms with Gasteiger partial charge < -0.3 is 5.32 Å². The lowest BCUT2D eigenvalue weighted by atomic mass is 10.1. The molecule has 5 rings (SSSR count). The van der Waals surface area contributed by atoms with Crippen molar-refractivity contribution >= 4 is 27.9 Å². The Morgan fingerprint density at radius 1 is 0.960 bits per heavy atom. The summed E-state index contributed by atoms with van der Waals surface area (Å²) in [7, 11) is 0. The molecule has 0 unspecified atom stereocenters. The van der Waals surface area contributed by atoms with Gasteiger partial charge in [-0.3, -0.25) is 4.40 Å². The summed E-state index contributed by atoms with van der Waals surface area (Å²) in [5.41, 5.74) is 5.85. The van der Waals surface area contributed by atoms with E-state index in [0.29, 0.717) is 5.92 Å². The fraction of sp³-hybridized carbons (Fsp3) is 0.227. The summed E-state index contributed by atoms with van der Waals surface area (Å²) in [6, 6.07) is 19.4. The molecule has 4 aromatic rings. The monoisotopic (exact) mass is 327 g/mol. The van der Waals surface area contributed by atoms with Crippen LogP contribution in [0.4, 0.5) is 11.5 Å². The Morgan fingerprint density at radius 2 is 1.76 bits per heavy atom. The van der Waals surface area contributed by atoms with Gasteiger partial charge in [0.05, 0.1) is 5.69 Å². The number of imidazole rings is 1. The molecule has 1 saturated carbocycles. The number of aryl methyl sites for hydroxylation is 2. The van der Waals surface area contributed by atoms with Crippen LogP contribution in [0.25, 0.3) is 16.4 Å². The molecule has 124 valence electrons. The first-order valence-electron chi connectivity index (χ1n) is 8.94. The van der Waals surface area contributed by atoms with Gasteiger partial charge in [0.2, 0.25) is 0 Å². The molecule has 0 amide bonds. The van der Waals surface area contributed by atoms with E-state index < -0.39 is 0 Å². The highest BCUT2D eigenvalue weighted by Gasteiger charge is 2.30. The summed E-state index contributed by atoms with van der Waals surface area (Å²) < 4.78 is 2.26. The fourth-order valence-electron chi connectivity index (χ4n) is 3.71. The second-order valence-electron chi connectivity index (χ2n) is 7.17. The van der Waals surface area contributed by atoms with Gasteiger partial charge in [-0.1, -0.05) is 30.3 Å². The number of anilines is 2. The molecule has 1 aliphatic rings. The lowest BCUT2D eigenvalue weighted by molar-refractivity contribution is 1.05. The zero-order chi connectivity index (χ0) is 17.0. The maximum Gasteiger partial charge on any atom is 0.139 e. The van der Waals surface area contributed by atoms with E-state index in [2.05, 4.69) is 78.2 Å². The van der Waals surface area contributed by atoms with Crippen molar-refractivity contribution in [1.29, 1.82) is 0 Å². The molecule has 2 aromatic carbocycles. The van der Waals surface area contributed by atoms with Gasteiger partial charge in [0.25, 0.3) is 0 Å². The SMILES string of the molecule is Cc1cc(C)n2c(Nc3ccc4ccccc4c3)c(C3CC3)nc2c1. The van der Waals surface area contributed by atoms with Crippen LogP contribution in [0.3, 0.4) is 0 Å². The first-order valence-corrected chi connectivity index (χ1v) is 8.94. The van der Waals surface area contributed by atoms with E-state index >= 15 is 0 Å². The van der Waals surface area contributed by atoms with E-state index in [4.69, 9.17) is 4.98 Å². The summed E-state index contributed by atoms with van der Waals surface area (Å²) in [4.78, 5) is 4.96. The van der Waals surface area contributed by atoms with Crippen molar-refractivity contribution in [1.82, 2.24) is 9.38 Å². The minimum Gasteiger partial charge on any atom is -0.340 e. The minimum absolute atomic E-state index is 0.600. The average molecular weight is 327 g/mol. The van der Waals surface area contributed by atoms with Crippen molar-refractivity contribution in [2.45, 2.75) is 32.6 Å². The van der Waals surface area contributed by atoms with Gasteiger partial charge in [-0.05, 0) is 67.3 Å². The molecule has 2 aromatic heterocycles. The van der Waals surface area contributed by atoms with Crippen LogP contribution in [0.2, 0.25) is 0 Å². The van der Waals surface area contributed by atoms with Gasteiger partial charge in [0.1, 0.15) is 11.5 Å². The minimum atomic E-state index is 0.600. The lowest BCUT2D eigenvalue weighted by Crippen LogP contribution is -2.01. The number of hydrogen-bond donors (Lipinski definition) is 1. The van der Waals surface area contributed by atoms with Crippen molar-refractivity contribution < 1.29 is 0 Å². The second kappa shape index (κ2) is 5.35. The Kier molecular flexibility index (Phi) is 3.11. The van der Waals surface area contributed by atoms with Crippen molar-refractivity contribution in [2.75, 3.05) is 5.32 Å². The van der Waals surface area contributed by atoms with E-state index in [0.717, 1.165) is 17.2 Å². The van der Waals surface area contributed by atoms with E-state index in [9.17, 15) is 0 Å². The molecule has 3 heteroatoms. The molecule has 0 atom stereocenters. The molecule has 25 heavy (non-hydrogen) atoms. The quantitative estimate of drug-likeness (QED) is 0.521. The number of pyridine rings is 1. The third kappa shape index (κ3) is 2.47. The third-order valence-electron chi connectivity index (χ3n) is 5.05. The zero-order valence-electron chi connectivity index (χ0n) is 14.6. The van der Waals surface area contributed by atoms with E-state index in [1.54, 1.807) is 0 Å². The Balaban J connectivity index is 1.66. The van der Waals surface area contributed by atoms with Gasteiger partial charge in [0, 0.05) is 17.3 Å². The van der Waals surface area contributed by atoms with Crippen LogP contribution in [-0.2, 0) is 0 Å². The molecular weight excluding hydrogens is 306 g/mol. The number of nitrogens with zero attached hydrogens (tertiary/aromatic N) is 2. The number of fused-ring (bicyclic) bond motifs is 2. The van der Waals surface area contributed by atoms with Gasteiger partial charge in [-0.2, -0.15) is 0 Å². The van der Waals surface area contributed by atoms with Crippen molar-refractivity contribution in [3.8, 4) is 0 Å². The molecule has 0 radical (unpaired) electrons. The topological polar surface area (TPSA) is 29.3 Å². The summed E-state index contributed by atoms with van der Waals surface area (Å²) in [6.07, 6.45) is 2.49. The maximum atomic E-state index is 4.96. The highest BCUT2D eigenvalue weighted by molar-refractivity contribution is 5.86. The highest BCUT2D eigenvalue weighted by atomic mass is 15.1. The van der Waals surface area contributed by atoms with E-state index in [1.807, 2.05) is 0 Å².